The van der Waals surface area contributed by atoms with Crippen molar-refractivity contribution in [1.29, 1.82) is 0 Å². The van der Waals surface area contributed by atoms with Gasteiger partial charge in [0.25, 0.3) is 0 Å². The lowest BCUT2D eigenvalue weighted by atomic mass is 10.00. The number of nitrogens with one attached hydrogen (secondary N) is 2. The first-order chi connectivity index (χ1) is 20.1. The van der Waals surface area contributed by atoms with Gasteiger partial charge < -0.3 is 20.1 Å². The minimum Gasteiger partial charge on any atom is -0.492 e. The van der Waals surface area contributed by atoms with Gasteiger partial charge in [-0.1, -0.05) is 84.9 Å². The van der Waals surface area contributed by atoms with Gasteiger partial charge in [-0.15, -0.1) is 0 Å². The molecule has 0 unspecified atom stereocenters. The third-order valence-corrected chi connectivity index (χ3v) is 6.84. The van der Waals surface area contributed by atoms with Crippen LogP contribution in [0, 0.1) is 0 Å². The maximum atomic E-state index is 13.2. The van der Waals surface area contributed by atoms with Gasteiger partial charge in [0.2, 0.25) is 0 Å². The zero-order valence-electron chi connectivity index (χ0n) is 22.9. The van der Waals surface area contributed by atoms with Gasteiger partial charge in [0.05, 0.1) is 7.11 Å². The van der Waals surface area contributed by atoms with Crippen molar-refractivity contribution < 1.29 is 19.1 Å². The van der Waals surface area contributed by atoms with Gasteiger partial charge in [-0.25, -0.2) is 4.79 Å². The standard InChI is InChI=1S/C35H32N2O4/c1-40-35(39)33(37-32-14-8-7-13-31(32)34(38)27-10-3-2-4-11-27)23-25-15-19-30(20-16-25)41-22-21-36-29-18-17-26-9-5-6-12-28(26)24-29/h2-20,24,33,36-37H,21-23H2,1H3/t33-/m0/s1. The summed E-state index contributed by atoms with van der Waals surface area (Å²) in [5, 5.41) is 9.05. The summed E-state index contributed by atoms with van der Waals surface area (Å²) >= 11 is 0. The molecule has 0 bridgehead atoms. The molecule has 0 heterocycles. The SMILES string of the molecule is COC(=O)[C@H](Cc1ccc(OCCNc2ccc3ccccc3c2)cc1)Nc1ccccc1C(=O)c1ccccc1. The average molecular weight is 545 g/mol. The molecule has 0 aromatic heterocycles. The summed E-state index contributed by atoms with van der Waals surface area (Å²) in [6.07, 6.45) is 0.379. The zero-order valence-corrected chi connectivity index (χ0v) is 22.9. The molecule has 6 heteroatoms. The summed E-state index contributed by atoms with van der Waals surface area (Å²) in [6.45, 7) is 1.17. The molecule has 0 aliphatic heterocycles. The van der Waals surface area contributed by atoms with Gasteiger partial charge in [0, 0.05) is 35.5 Å². The van der Waals surface area contributed by atoms with E-state index in [-0.39, 0.29) is 5.78 Å². The maximum Gasteiger partial charge on any atom is 0.328 e. The van der Waals surface area contributed by atoms with Crippen molar-refractivity contribution in [3.8, 4) is 5.75 Å². The Kier molecular flexibility index (Phi) is 8.91. The molecule has 0 spiro atoms. The molecule has 5 rings (SSSR count). The van der Waals surface area contributed by atoms with Crippen LogP contribution in [-0.2, 0) is 16.0 Å². The van der Waals surface area contributed by atoms with Crippen LogP contribution in [0.3, 0.4) is 0 Å². The second-order valence-electron chi connectivity index (χ2n) is 9.65. The second-order valence-corrected chi connectivity index (χ2v) is 9.65. The summed E-state index contributed by atoms with van der Waals surface area (Å²) in [4.78, 5) is 25.9. The zero-order chi connectivity index (χ0) is 28.4. The molecule has 6 nitrogen and oxygen atoms in total. The van der Waals surface area contributed by atoms with Crippen LogP contribution >= 0.6 is 0 Å². The quantitative estimate of drug-likeness (QED) is 0.103. The minimum absolute atomic E-state index is 0.117. The molecule has 0 amide bonds. The third-order valence-electron chi connectivity index (χ3n) is 6.84. The van der Waals surface area contributed by atoms with E-state index < -0.39 is 12.0 Å². The van der Waals surface area contributed by atoms with Crippen molar-refractivity contribution in [2.24, 2.45) is 0 Å². The van der Waals surface area contributed by atoms with E-state index >= 15 is 0 Å². The van der Waals surface area contributed by atoms with Crippen LogP contribution in [0.1, 0.15) is 21.5 Å². The summed E-state index contributed by atoms with van der Waals surface area (Å²) in [5.41, 5.74) is 3.64. The van der Waals surface area contributed by atoms with Crippen LogP contribution in [0.15, 0.2) is 121 Å². The van der Waals surface area contributed by atoms with Gasteiger partial charge in [-0.05, 0) is 52.7 Å². The molecule has 0 fully saturated rings. The molecule has 206 valence electrons. The van der Waals surface area contributed by atoms with E-state index in [1.54, 1.807) is 24.3 Å². The molecule has 0 saturated carbocycles. The van der Waals surface area contributed by atoms with Crippen molar-refractivity contribution >= 4 is 33.9 Å². The summed E-state index contributed by atoms with van der Waals surface area (Å²) in [5.74, 6) is 0.219. The smallest absolute Gasteiger partial charge is 0.328 e. The number of rotatable bonds is 12. The first-order valence-corrected chi connectivity index (χ1v) is 13.6. The molecular formula is C35H32N2O4. The van der Waals surface area contributed by atoms with Crippen molar-refractivity contribution in [2.45, 2.75) is 12.5 Å². The maximum absolute atomic E-state index is 13.2. The Morgan fingerprint density at radius 2 is 1.46 bits per heavy atom. The summed E-state index contributed by atoms with van der Waals surface area (Å²) in [7, 11) is 1.36. The highest BCUT2D eigenvalue weighted by Crippen LogP contribution is 2.23. The topological polar surface area (TPSA) is 76.7 Å². The summed E-state index contributed by atoms with van der Waals surface area (Å²) < 4.78 is 11.0. The van der Waals surface area contributed by atoms with E-state index in [9.17, 15) is 9.59 Å². The van der Waals surface area contributed by atoms with Crippen LogP contribution in [-0.4, -0.2) is 38.1 Å². The number of ether oxygens (including phenoxy) is 2. The van der Waals surface area contributed by atoms with Crippen LogP contribution in [0.4, 0.5) is 11.4 Å². The fourth-order valence-electron chi connectivity index (χ4n) is 4.70. The van der Waals surface area contributed by atoms with E-state index in [0.29, 0.717) is 36.4 Å². The number of benzene rings is 5. The van der Waals surface area contributed by atoms with Crippen molar-refractivity contribution in [1.82, 2.24) is 0 Å². The molecule has 0 radical (unpaired) electrons. The lowest BCUT2D eigenvalue weighted by Crippen LogP contribution is -2.33. The van der Waals surface area contributed by atoms with E-state index in [1.165, 1.54) is 17.9 Å². The molecule has 2 N–H and O–H groups in total. The fourth-order valence-corrected chi connectivity index (χ4v) is 4.70. The Labute approximate surface area is 239 Å². The molecule has 0 aliphatic carbocycles. The van der Waals surface area contributed by atoms with E-state index in [0.717, 1.165) is 17.0 Å². The number of hydrogen-bond acceptors (Lipinski definition) is 6. The highest BCUT2D eigenvalue weighted by molar-refractivity contribution is 6.12. The third kappa shape index (κ3) is 7.11. The van der Waals surface area contributed by atoms with Gasteiger partial charge in [0.1, 0.15) is 18.4 Å². The molecule has 5 aromatic rings. The highest BCUT2D eigenvalue weighted by atomic mass is 16.5. The Morgan fingerprint density at radius 1 is 0.756 bits per heavy atom. The Bertz CT molecular complexity index is 1620. The highest BCUT2D eigenvalue weighted by Gasteiger charge is 2.22. The predicted molar refractivity (Wildman–Crippen MR) is 164 cm³/mol. The van der Waals surface area contributed by atoms with Crippen molar-refractivity contribution in [2.75, 3.05) is 30.9 Å². The number of anilines is 2. The number of carbonyl (C=O) groups excluding carboxylic acids is 2. The Balaban J connectivity index is 1.18. The lowest BCUT2D eigenvalue weighted by molar-refractivity contribution is -0.141. The number of methoxy groups -OCH3 is 1. The largest absolute Gasteiger partial charge is 0.492 e. The molecule has 41 heavy (non-hydrogen) atoms. The number of esters is 1. The van der Waals surface area contributed by atoms with Crippen LogP contribution in [0.5, 0.6) is 5.75 Å². The number of carbonyl (C=O) groups is 2. The van der Waals surface area contributed by atoms with E-state index in [1.807, 2.05) is 66.7 Å². The Morgan fingerprint density at radius 3 is 2.24 bits per heavy atom. The lowest BCUT2D eigenvalue weighted by Gasteiger charge is -2.20. The molecular weight excluding hydrogens is 512 g/mol. The molecule has 0 saturated heterocycles. The first-order valence-electron chi connectivity index (χ1n) is 13.6. The number of hydrogen-bond donors (Lipinski definition) is 2. The molecule has 1 atom stereocenters. The Hall–Kier alpha value is -5.10. The van der Waals surface area contributed by atoms with Crippen molar-refractivity contribution in [3.05, 3.63) is 138 Å². The van der Waals surface area contributed by atoms with Crippen LogP contribution < -0.4 is 15.4 Å². The van der Waals surface area contributed by atoms with Gasteiger partial charge in [0.15, 0.2) is 5.78 Å². The molecule has 0 aliphatic rings. The molecule has 5 aromatic carbocycles. The number of fused-ring (bicyclic) bond motifs is 1. The summed E-state index contributed by atoms with van der Waals surface area (Å²) in [6, 6.07) is 37.8. The van der Waals surface area contributed by atoms with Crippen LogP contribution in [0.25, 0.3) is 10.8 Å². The first kappa shape index (κ1) is 27.5. The van der Waals surface area contributed by atoms with E-state index in [4.69, 9.17) is 9.47 Å². The fraction of sp³-hybridized carbons (Fsp3) is 0.143. The normalized spacial score (nSPS) is 11.4. The van der Waals surface area contributed by atoms with Gasteiger partial charge >= 0.3 is 5.97 Å². The number of para-hydroxylation sites is 1. The predicted octanol–water partition coefficient (Wildman–Crippen LogP) is 6.76. The van der Waals surface area contributed by atoms with E-state index in [2.05, 4.69) is 41.0 Å². The monoisotopic (exact) mass is 544 g/mol. The van der Waals surface area contributed by atoms with Crippen LogP contribution in [0.2, 0.25) is 0 Å². The van der Waals surface area contributed by atoms with Gasteiger partial charge in [-0.3, -0.25) is 4.79 Å². The average Bonchev–Trinajstić information content (AvgIpc) is 3.03. The van der Waals surface area contributed by atoms with Crippen molar-refractivity contribution in [3.63, 3.8) is 0 Å². The minimum atomic E-state index is -0.678. The number of ketones is 1. The van der Waals surface area contributed by atoms with Gasteiger partial charge in [-0.2, -0.15) is 0 Å². The second kappa shape index (κ2) is 13.3.